The molecule has 1 heterocycles. The van der Waals surface area contributed by atoms with Gasteiger partial charge < -0.3 is 15.8 Å². The van der Waals surface area contributed by atoms with E-state index in [1.807, 2.05) is 6.92 Å². The first kappa shape index (κ1) is 24.3. The third-order valence-corrected chi connectivity index (χ3v) is 7.51. The minimum Gasteiger partial charge on any atom is -0.497 e. The highest BCUT2D eigenvalue weighted by atomic mass is 32.2. The summed E-state index contributed by atoms with van der Waals surface area (Å²) in [5.41, 5.74) is 7.19. The number of hydrogen-bond donors (Lipinski definition) is 2. The van der Waals surface area contributed by atoms with Crippen molar-refractivity contribution in [3.05, 3.63) is 54.1 Å². The van der Waals surface area contributed by atoms with E-state index < -0.39 is 15.7 Å². The van der Waals surface area contributed by atoms with Crippen molar-refractivity contribution in [2.24, 2.45) is 0 Å². The third kappa shape index (κ3) is 5.37. The number of Topliss-reactive ketones (excluding diaryl/α,β-unsaturated/α-hetero) is 1. The fourth-order valence-corrected chi connectivity index (χ4v) is 5.59. The number of benzene rings is 2. The molecule has 33 heavy (non-hydrogen) atoms. The maximum atomic E-state index is 13.3. The number of carbonyl (C=O) groups is 2. The van der Waals surface area contributed by atoms with Crippen LogP contribution in [0.1, 0.15) is 24.2 Å². The SMILES string of the molecule is CCSc1nn(CC(=O)Nc2ccc(C(C)=O)cc2)c(N)c1S(=O)(=O)c1ccc(OC)cc1. The summed E-state index contributed by atoms with van der Waals surface area (Å²) in [7, 11) is -2.49. The average Bonchev–Trinajstić information content (AvgIpc) is 3.09. The first-order valence-electron chi connectivity index (χ1n) is 9.96. The van der Waals surface area contributed by atoms with E-state index in [2.05, 4.69) is 10.4 Å². The van der Waals surface area contributed by atoms with E-state index in [-0.39, 0.29) is 33.0 Å². The molecule has 3 aromatic rings. The van der Waals surface area contributed by atoms with Crippen molar-refractivity contribution in [1.82, 2.24) is 9.78 Å². The van der Waals surface area contributed by atoms with Crippen molar-refractivity contribution >= 4 is 44.8 Å². The molecule has 0 radical (unpaired) electrons. The molecule has 174 valence electrons. The number of nitrogens with two attached hydrogens (primary N) is 1. The van der Waals surface area contributed by atoms with Gasteiger partial charge in [-0.2, -0.15) is 5.10 Å². The molecule has 0 aliphatic heterocycles. The number of carbonyl (C=O) groups excluding carboxylic acids is 2. The molecule has 11 heteroatoms. The van der Waals surface area contributed by atoms with Crippen LogP contribution in [0.25, 0.3) is 0 Å². The van der Waals surface area contributed by atoms with Crippen molar-refractivity contribution in [1.29, 1.82) is 0 Å². The zero-order valence-electron chi connectivity index (χ0n) is 18.4. The molecule has 0 unspecified atom stereocenters. The quantitative estimate of drug-likeness (QED) is 0.346. The van der Waals surface area contributed by atoms with Crippen LogP contribution in [0.15, 0.2) is 63.3 Å². The smallest absolute Gasteiger partial charge is 0.246 e. The van der Waals surface area contributed by atoms with Gasteiger partial charge >= 0.3 is 0 Å². The van der Waals surface area contributed by atoms with Crippen molar-refractivity contribution in [3.63, 3.8) is 0 Å². The average molecular weight is 489 g/mol. The van der Waals surface area contributed by atoms with Crippen LogP contribution in [0, 0.1) is 0 Å². The summed E-state index contributed by atoms with van der Waals surface area (Å²) in [6, 6.07) is 12.4. The standard InChI is InChI=1S/C22H24N4O5S2/c1-4-32-22-20(33(29,30)18-11-9-17(31-3)10-12-18)21(23)26(25-22)13-19(28)24-16-7-5-15(6-8-16)14(2)27/h5-12H,4,13,23H2,1-3H3,(H,24,28). The van der Waals surface area contributed by atoms with Crippen molar-refractivity contribution in [2.45, 2.75) is 35.2 Å². The summed E-state index contributed by atoms with van der Waals surface area (Å²) in [5.74, 6) is 0.443. The number of aromatic nitrogens is 2. The fourth-order valence-electron chi connectivity index (χ4n) is 3.04. The van der Waals surface area contributed by atoms with Gasteiger partial charge in [0.2, 0.25) is 15.7 Å². The normalized spacial score (nSPS) is 11.2. The van der Waals surface area contributed by atoms with Crippen molar-refractivity contribution in [2.75, 3.05) is 23.9 Å². The van der Waals surface area contributed by atoms with Gasteiger partial charge in [0.15, 0.2) is 5.78 Å². The molecule has 0 saturated heterocycles. The predicted octanol–water partition coefficient (Wildman–Crippen LogP) is 3.26. The first-order chi connectivity index (χ1) is 15.7. The Balaban J connectivity index is 1.88. The highest BCUT2D eigenvalue weighted by Gasteiger charge is 2.30. The second-order valence-corrected chi connectivity index (χ2v) is 10.1. The van der Waals surface area contributed by atoms with E-state index in [0.717, 1.165) is 0 Å². The molecule has 3 rings (SSSR count). The van der Waals surface area contributed by atoms with E-state index in [1.165, 1.54) is 42.6 Å². The number of nitrogens with one attached hydrogen (secondary N) is 1. The largest absolute Gasteiger partial charge is 0.497 e. The fraction of sp³-hybridized carbons (Fsp3) is 0.227. The van der Waals surface area contributed by atoms with Gasteiger partial charge in [-0.25, -0.2) is 13.1 Å². The van der Waals surface area contributed by atoms with Crippen LogP contribution in [-0.4, -0.2) is 42.8 Å². The molecule has 0 spiro atoms. The number of sulfone groups is 1. The van der Waals surface area contributed by atoms with Gasteiger partial charge in [0.1, 0.15) is 28.0 Å². The number of ether oxygens (including phenoxy) is 1. The van der Waals surface area contributed by atoms with Crippen LogP contribution in [0.3, 0.4) is 0 Å². The zero-order chi connectivity index (χ0) is 24.2. The lowest BCUT2D eigenvalue weighted by Crippen LogP contribution is -2.21. The Morgan fingerprint density at radius 2 is 1.76 bits per heavy atom. The monoisotopic (exact) mass is 488 g/mol. The lowest BCUT2D eigenvalue weighted by molar-refractivity contribution is -0.116. The van der Waals surface area contributed by atoms with Gasteiger partial charge in [0.25, 0.3) is 0 Å². The Morgan fingerprint density at radius 3 is 2.30 bits per heavy atom. The van der Waals surface area contributed by atoms with Crippen molar-refractivity contribution < 1.29 is 22.7 Å². The van der Waals surface area contributed by atoms with Crippen LogP contribution in [0.2, 0.25) is 0 Å². The highest BCUT2D eigenvalue weighted by molar-refractivity contribution is 8.00. The van der Waals surface area contributed by atoms with Gasteiger partial charge in [-0.3, -0.25) is 9.59 Å². The Bertz CT molecular complexity index is 1270. The van der Waals surface area contributed by atoms with Gasteiger partial charge in [-0.15, -0.1) is 11.8 Å². The molecule has 0 aliphatic carbocycles. The van der Waals surface area contributed by atoms with E-state index in [4.69, 9.17) is 10.5 Å². The minimum atomic E-state index is -3.98. The van der Waals surface area contributed by atoms with Crippen LogP contribution in [0.5, 0.6) is 5.75 Å². The van der Waals surface area contributed by atoms with Crippen LogP contribution in [-0.2, 0) is 21.2 Å². The number of ketones is 1. The molecule has 0 aliphatic rings. The number of anilines is 2. The molecule has 2 aromatic carbocycles. The molecule has 3 N–H and O–H groups in total. The number of thioether (sulfide) groups is 1. The second kappa shape index (κ2) is 10.1. The molecule has 0 bridgehead atoms. The molecule has 1 aromatic heterocycles. The lowest BCUT2D eigenvalue weighted by atomic mass is 10.1. The Hall–Kier alpha value is -3.31. The summed E-state index contributed by atoms with van der Waals surface area (Å²) in [6.45, 7) is 3.04. The van der Waals surface area contributed by atoms with E-state index >= 15 is 0 Å². The van der Waals surface area contributed by atoms with Gasteiger partial charge in [0.05, 0.1) is 12.0 Å². The van der Waals surface area contributed by atoms with E-state index in [9.17, 15) is 18.0 Å². The van der Waals surface area contributed by atoms with Crippen molar-refractivity contribution in [3.8, 4) is 5.75 Å². The summed E-state index contributed by atoms with van der Waals surface area (Å²) in [5, 5.41) is 7.21. The minimum absolute atomic E-state index is 0.0440. The molecule has 0 fully saturated rings. The number of nitrogens with zero attached hydrogens (tertiary/aromatic N) is 2. The number of nitrogen functional groups attached to an aromatic ring is 1. The molecular weight excluding hydrogens is 464 g/mol. The molecule has 0 atom stereocenters. The zero-order valence-corrected chi connectivity index (χ0v) is 20.0. The maximum absolute atomic E-state index is 13.3. The summed E-state index contributed by atoms with van der Waals surface area (Å²) < 4.78 is 32.9. The van der Waals surface area contributed by atoms with E-state index in [0.29, 0.717) is 22.8 Å². The van der Waals surface area contributed by atoms with Crippen LogP contribution >= 0.6 is 11.8 Å². The van der Waals surface area contributed by atoms with Crippen LogP contribution in [0.4, 0.5) is 11.5 Å². The Kier molecular flexibility index (Phi) is 7.44. The molecule has 0 saturated carbocycles. The van der Waals surface area contributed by atoms with Gasteiger partial charge in [-0.05, 0) is 61.2 Å². The summed E-state index contributed by atoms with van der Waals surface area (Å²) in [6.07, 6.45) is 0. The number of hydrogen-bond acceptors (Lipinski definition) is 8. The summed E-state index contributed by atoms with van der Waals surface area (Å²) in [4.78, 5) is 23.9. The number of rotatable bonds is 9. The van der Waals surface area contributed by atoms with E-state index in [1.54, 1.807) is 36.4 Å². The van der Waals surface area contributed by atoms with Gasteiger partial charge in [0, 0.05) is 11.3 Å². The van der Waals surface area contributed by atoms with Crippen LogP contribution < -0.4 is 15.8 Å². The third-order valence-electron chi connectivity index (χ3n) is 4.70. The predicted molar refractivity (Wildman–Crippen MR) is 127 cm³/mol. The Labute approximate surface area is 196 Å². The van der Waals surface area contributed by atoms with Gasteiger partial charge in [-0.1, -0.05) is 6.92 Å². The number of methoxy groups -OCH3 is 1. The topological polar surface area (TPSA) is 133 Å². The molecular formula is C22H24N4O5S2. The molecule has 9 nitrogen and oxygen atoms in total. The first-order valence-corrected chi connectivity index (χ1v) is 12.4. The Morgan fingerprint density at radius 1 is 1.12 bits per heavy atom. The lowest BCUT2D eigenvalue weighted by Gasteiger charge is -2.08. The maximum Gasteiger partial charge on any atom is 0.246 e. The second-order valence-electron chi connectivity index (χ2n) is 6.97. The number of amides is 1. The molecule has 1 amide bonds. The highest BCUT2D eigenvalue weighted by Crippen LogP contribution is 2.35. The summed E-state index contributed by atoms with van der Waals surface area (Å²) >= 11 is 1.22.